The molecule has 1 saturated heterocycles. The number of piperidine rings is 1. The molecule has 1 nitrogen and oxygen atoms in total. The number of benzene rings is 1. The van der Waals surface area contributed by atoms with Crippen LogP contribution >= 0.6 is 0 Å². The lowest BCUT2D eigenvalue weighted by molar-refractivity contribution is 0.410. The van der Waals surface area contributed by atoms with E-state index < -0.39 is 0 Å². The molecular weight excluding hydrogens is 201 g/mol. The highest BCUT2D eigenvalue weighted by molar-refractivity contribution is 5.31. The third kappa shape index (κ3) is 1.99. The van der Waals surface area contributed by atoms with Gasteiger partial charge in [0.1, 0.15) is 5.82 Å². The SMILES string of the molecule is Fc1cc(C2CCCCN2)ccc1C1CC1. The van der Waals surface area contributed by atoms with Crippen LogP contribution in [-0.4, -0.2) is 6.54 Å². The van der Waals surface area contributed by atoms with Crippen molar-refractivity contribution in [3.8, 4) is 0 Å². The summed E-state index contributed by atoms with van der Waals surface area (Å²) in [6.45, 7) is 1.07. The summed E-state index contributed by atoms with van der Waals surface area (Å²) in [6.07, 6.45) is 5.97. The summed E-state index contributed by atoms with van der Waals surface area (Å²) in [4.78, 5) is 0. The Kier molecular flexibility index (Phi) is 2.68. The lowest BCUT2D eigenvalue weighted by Gasteiger charge is -2.24. The zero-order valence-corrected chi connectivity index (χ0v) is 9.51. The first-order chi connectivity index (χ1) is 7.84. The van der Waals surface area contributed by atoms with Gasteiger partial charge < -0.3 is 5.32 Å². The van der Waals surface area contributed by atoms with Gasteiger partial charge in [0.25, 0.3) is 0 Å². The fourth-order valence-electron chi connectivity index (χ4n) is 2.62. The lowest BCUT2D eigenvalue weighted by Crippen LogP contribution is -2.26. The van der Waals surface area contributed by atoms with E-state index in [1.165, 1.54) is 12.8 Å². The maximum atomic E-state index is 13.9. The molecule has 1 unspecified atom stereocenters. The minimum Gasteiger partial charge on any atom is -0.310 e. The molecule has 2 fully saturated rings. The summed E-state index contributed by atoms with van der Waals surface area (Å²) in [5.41, 5.74) is 2.06. The number of hydrogen-bond acceptors (Lipinski definition) is 1. The van der Waals surface area contributed by atoms with E-state index >= 15 is 0 Å². The Bertz CT molecular complexity index is 378. The van der Waals surface area contributed by atoms with Crippen molar-refractivity contribution in [3.63, 3.8) is 0 Å². The monoisotopic (exact) mass is 219 g/mol. The largest absolute Gasteiger partial charge is 0.310 e. The molecule has 1 aromatic rings. The van der Waals surface area contributed by atoms with E-state index in [4.69, 9.17) is 0 Å². The van der Waals surface area contributed by atoms with E-state index in [-0.39, 0.29) is 5.82 Å². The third-order valence-corrected chi connectivity index (χ3v) is 3.75. The van der Waals surface area contributed by atoms with Gasteiger partial charge in [-0.1, -0.05) is 18.6 Å². The Morgan fingerprint density at radius 1 is 1.12 bits per heavy atom. The number of rotatable bonds is 2. The highest BCUT2D eigenvalue weighted by atomic mass is 19.1. The smallest absolute Gasteiger partial charge is 0.127 e. The average molecular weight is 219 g/mol. The van der Waals surface area contributed by atoms with Gasteiger partial charge in [-0.15, -0.1) is 0 Å². The molecule has 1 saturated carbocycles. The molecule has 3 rings (SSSR count). The normalized spacial score (nSPS) is 25.7. The van der Waals surface area contributed by atoms with Gasteiger partial charge in [-0.2, -0.15) is 0 Å². The first kappa shape index (κ1) is 10.3. The molecule has 2 aliphatic rings. The quantitative estimate of drug-likeness (QED) is 0.802. The molecule has 0 aromatic heterocycles. The Labute approximate surface area is 96.1 Å². The number of halogens is 1. The van der Waals surface area contributed by atoms with Gasteiger partial charge in [0.2, 0.25) is 0 Å². The second-order valence-corrected chi connectivity index (χ2v) is 5.06. The number of nitrogens with one attached hydrogen (secondary N) is 1. The fraction of sp³-hybridized carbons (Fsp3) is 0.571. The molecule has 0 amide bonds. The van der Waals surface area contributed by atoms with Crippen molar-refractivity contribution in [2.24, 2.45) is 0 Å². The highest BCUT2D eigenvalue weighted by Gasteiger charge is 2.27. The van der Waals surface area contributed by atoms with Crippen molar-refractivity contribution in [1.82, 2.24) is 5.32 Å². The molecule has 1 aliphatic heterocycles. The molecular formula is C14H18FN. The zero-order valence-electron chi connectivity index (χ0n) is 9.51. The standard InChI is InChI=1S/C14H18FN/c15-13-9-11(14-3-1-2-8-16-14)6-7-12(13)10-4-5-10/h6-7,9-10,14,16H,1-5,8H2. The van der Waals surface area contributed by atoms with E-state index in [2.05, 4.69) is 11.4 Å². The van der Waals surface area contributed by atoms with Crippen LogP contribution in [0.3, 0.4) is 0 Å². The molecule has 1 N–H and O–H groups in total. The molecule has 0 radical (unpaired) electrons. The molecule has 86 valence electrons. The van der Waals surface area contributed by atoms with Crippen molar-refractivity contribution < 1.29 is 4.39 Å². The summed E-state index contributed by atoms with van der Waals surface area (Å²) >= 11 is 0. The summed E-state index contributed by atoms with van der Waals surface area (Å²) in [6, 6.07) is 6.23. The third-order valence-electron chi connectivity index (χ3n) is 3.75. The lowest BCUT2D eigenvalue weighted by atomic mass is 9.96. The second kappa shape index (κ2) is 4.17. The minimum atomic E-state index is 0.00683. The van der Waals surface area contributed by atoms with E-state index in [1.54, 1.807) is 6.07 Å². The molecule has 16 heavy (non-hydrogen) atoms. The van der Waals surface area contributed by atoms with Crippen molar-refractivity contribution >= 4 is 0 Å². The minimum absolute atomic E-state index is 0.00683. The van der Waals surface area contributed by atoms with Crippen LogP contribution in [0.25, 0.3) is 0 Å². The van der Waals surface area contributed by atoms with Crippen LogP contribution in [0, 0.1) is 5.82 Å². The zero-order chi connectivity index (χ0) is 11.0. The number of hydrogen-bond donors (Lipinski definition) is 1. The first-order valence-corrected chi connectivity index (χ1v) is 6.37. The van der Waals surface area contributed by atoms with E-state index in [9.17, 15) is 4.39 Å². The second-order valence-electron chi connectivity index (χ2n) is 5.06. The highest BCUT2D eigenvalue weighted by Crippen LogP contribution is 2.41. The van der Waals surface area contributed by atoms with Crippen molar-refractivity contribution in [2.75, 3.05) is 6.54 Å². The topological polar surface area (TPSA) is 12.0 Å². The van der Waals surface area contributed by atoms with Crippen molar-refractivity contribution in [2.45, 2.75) is 44.1 Å². The summed E-state index contributed by atoms with van der Waals surface area (Å²) in [5.74, 6) is 0.515. The van der Waals surface area contributed by atoms with Gasteiger partial charge in [-0.25, -0.2) is 4.39 Å². The fourth-order valence-corrected chi connectivity index (χ4v) is 2.62. The summed E-state index contributed by atoms with van der Waals surface area (Å²) in [7, 11) is 0. The van der Waals surface area contributed by atoms with Crippen molar-refractivity contribution in [3.05, 3.63) is 35.1 Å². The van der Waals surface area contributed by atoms with Crippen LogP contribution in [0.5, 0.6) is 0 Å². The maximum Gasteiger partial charge on any atom is 0.127 e. The van der Waals surface area contributed by atoms with Gasteiger partial charge in [-0.05, 0) is 55.3 Å². The predicted octanol–water partition coefficient (Wildman–Crippen LogP) is 3.52. The van der Waals surface area contributed by atoms with Crippen molar-refractivity contribution in [1.29, 1.82) is 0 Å². The molecule has 1 aliphatic carbocycles. The van der Waals surface area contributed by atoms with Crippen LogP contribution < -0.4 is 5.32 Å². The Morgan fingerprint density at radius 3 is 2.62 bits per heavy atom. The Morgan fingerprint density at radius 2 is 2.00 bits per heavy atom. The molecule has 1 heterocycles. The van der Waals surface area contributed by atoms with Crippen LogP contribution in [0.4, 0.5) is 4.39 Å². The summed E-state index contributed by atoms with van der Waals surface area (Å²) < 4.78 is 13.9. The molecule has 0 spiro atoms. The van der Waals surface area contributed by atoms with Gasteiger partial charge in [0, 0.05) is 6.04 Å². The van der Waals surface area contributed by atoms with Crippen LogP contribution in [0.2, 0.25) is 0 Å². The molecule has 2 heteroatoms. The van der Waals surface area contributed by atoms with E-state index in [1.807, 2.05) is 6.07 Å². The first-order valence-electron chi connectivity index (χ1n) is 6.37. The van der Waals surface area contributed by atoms with Crippen LogP contribution in [-0.2, 0) is 0 Å². The van der Waals surface area contributed by atoms with E-state index in [0.717, 1.165) is 36.9 Å². The predicted molar refractivity (Wildman–Crippen MR) is 63.0 cm³/mol. The van der Waals surface area contributed by atoms with E-state index in [0.29, 0.717) is 12.0 Å². The van der Waals surface area contributed by atoms with Gasteiger partial charge in [0.05, 0.1) is 0 Å². The van der Waals surface area contributed by atoms with Crippen LogP contribution in [0.1, 0.15) is 55.2 Å². The molecule has 1 aromatic carbocycles. The maximum absolute atomic E-state index is 13.9. The summed E-state index contributed by atoms with van der Waals surface area (Å²) in [5, 5.41) is 3.46. The Hall–Kier alpha value is -0.890. The van der Waals surface area contributed by atoms with Gasteiger partial charge in [0.15, 0.2) is 0 Å². The van der Waals surface area contributed by atoms with Gasteiger partial charge in [-0.3, -0.25) is 0 Å². The van der Waals surface area contributed by atoms with Crippen LogP contribution in [0.15, 0.2) is 18.2 Å². The average Bonchev–Trinajstić information content (AvgIpc) is 3.14. The molecule has 0 bridgehead atoms. The van der Waals surface area contributed by atoms with Gasteiger partial charge >= 0.3 is 0 Å². The Balaban J connectivity index is 1.81. The molecule has 1 atom stereocenters.